The molecule has 0 aromatic heterocycles. The first-order valence-electron chi connectivity index (χ1n) is 6.54. The summed E-state index contributed by atoms with van der Waals surface area (Å²) in [4.78, 5) is 0. The third-order valence-corrected chi connectivity index (χ3v) is 3.38. The van der Waals surface area contributed by atoms with Crippen LogP contribution in [0.1, 0.15) is 42.6 Å². The smallest absolute Gasteiger partial charge is 0.0297 e. The molecule has 1 nitrogen and oxygen atoms in total. The van der Waals surface area contributed by atoms with Crippen molar-refractivity contribution in [1.82, 2.24) is 5.32 Å². The van der Waals surface area contributed by atoms with Gasteiger partial charge < -0.3 is 5.32 Å². The van der Waals surface area contributed by atoms with E-state index >= 15 is 0 Å². The maximum absolute atomic E-state index is 3.63. The van der Waals surface area contributed by atoms with E-state index in [1.807, 2.05) is 0 Å². The van der Waals surface area contributed by atoms with Crippen molar-refractivity contribution in [2.24, 2.45) is 0 Å². The molecule has 2 rings (SSSR count). The van der Waals surface area contributed by atoms with Crippen molar-refractivity contribution in [3.05, 3.63) is 71.3 Å². The lowest BCUT2D eigenvalue weighted by Crippen LogP contribution is -2.22. The normalized spacial score (nSPS) is 14.2. The number of benzene rings is 2. The molecule has 2 aromatic carbocycles. The van der Waals surface area contributed by atoms with Crippen molar-refractivity contribution in [1.29, 1.82) is 0 Å². The van der Waals surface area contributed by atoms with E-state index in [1.54, 1.807) is 0 Å². The van der Waals surface area contributed by atoms with Crippen LogP contribution in [-0.4, -0.2) is 0 Å². The highest BCUT2D eigenvalue weighted by atomic mass is 14.9. The van der Waals surface area contributed by atoms with Crippen LogP contribution in [0.15, 0.2) is 54.6 Å². The number of nitrogens with one attached hydrogen (secondary N) is 1. The first-order chi connectivity index (χ1) is 8.66. The minimum absolute atomic E-state index is 0.362. The number of hydrogen-bond donors (Lipinski definition) is 1. The largest absolute Gasteiger partial charge is 0.304 e. The van der Waals surface area contributed by atoms with Crippen molar-refractivity contribution in [3.63, 3.8) is 0 Å². The fourth-order valence-electron chi connectivity index (χ4n) is 2.16. The molecule has 2 aromatic rings. The molecule has 0 aliphatic heterocycles. The molecule has 0 heterocycles. The van der Waals surface area contributed by atoms with Gasteiger partial charge in [-0.3, -0.25) is 0 Å². The Labute approximate surface area is 110 Å². The summed E-state index contributed by atoms with van der Waals surface area (Å²) < 4.78 is 0. The molecule has 0 spiro atoms. The molecule has 94 valence electrons. The number of aryl methyl sites for hydroxylation is 1. The summed E-state index contributed by atoms with van der Waals surface area (Å²) >= 11 is 0. The minimum Gasteiger partial charge on any atom is -0.304 e. The summed E-state index contributed by atoms with van der Waals surface area (Å²) in [5.74, 6) is 0. The zero-order chi connectivity index (χ0) is 13.0. The van der Waals surface area contributed by atoms with Crippen LogP contribution < -0.4 is 5.32 Å². The topological polar surface area (TPSA) is 12.0 Å². The molecule has 0 saturated heterocycles. The Balaban J connectivity index is 2.03. The SMILES string of the molecule is Cc1ccc([C@H](C)NC(C)c2ccccc2)cc1. The van der Waals surface area contributed by atoms with Crippen molar-refractivity contribution in [2.45, 2.75) is 32.9 Å². The van der Waals surface area contributed by atoms with Gasteiger partial charge in [-0.25, -0.2) is 0 Å². The van der Waals surface area contributed by atoms with Gasteiger partial charge in [-0.15, -0.1) is 0 Å². The number of rotatable bonds is 4. The van der Waals surface area contributed by atoms with E-state index in [9.17, 15) is 0 Å². The third-order valence-electron chi connectivity index (χ3n) is 3.38. The third kappa shape index (κ3) is 3.21. The van der Waals surface area contributed by atoms with Crippen molar-refractivity contribution < 1.29 is 0 Å². The van der Waals surface area contributed by atoms with Crippen molar-refractivity contribution >= 4 is 0 Å². The Morgan fingerprint density at radius 3 is 1.78 bits per heavy atom. The molecule has 18 heavy (non-hydrogen) atoms. The molecule has 1 heteroatoms. The van der Waals surface area contributed by atoms with Gasteiger partial charge >= 0.3 is 0 Å². The van der Waals surface area contributed by atoms with Crippen LogP contribution in [0.4, 0.5) is 0 Å². The van der Waals surface area contributed by atoms with Gasteiger partial charge in [0.05, 0.1) is 0 Å². The quantitative estimate of drug-likeness (QED) is 0.833. The molecule has 1 N–H and O–H groups in total. The molecule has 0 radical (unpaired) electrons. The zero-order valence-corrected chi connectivity index (χ0v) is 11.4. The van der Waals surface area contributed by atoms with Crippen molar-refractivity contribution in [3.8, 4) is 0 Å². The van der Waals surface area contributed by atoms with Crippen molar-refractivity contribution in [2.75, 3.05) is 0 Å². The first kappa shape index (κ1) is 12.8. The molecule has 0 saturated carbocycles. The standard InChI is InChI=1S/C17H21N/c1-13-9-11-17(12-10-13)15(3)18-14(2)16-7-5-4-6-8-16/h4-12,14-15,18H,1-3H3/t14?,15-/m0/s1. The van der Waals surface area contributed by atoms with Gasteiger partial charge in [0.1, 0.15) is 0 Å². The molecular weight excluding hydrogens is 218 g/mol. The van der Waals surface area contributed by atoms with Crippen LogP contribution in [0.2, 0.25) is 0 Å². The van der Waals surface area contributed by atoms with Crippen LogP contribution in [-0.2, 0) is 0 Å². The molecule has 0 aliphatic rings. The second kappa shape index (κ2) is 5.83. The average molecular weight is 239 g/mol. The van der Waals surface area contributed by atoms with E-state index < -0.39 is 0 Å². The van der Waals surface area contributed by atoms with Gasteiger partial charge in [0.25, 0.3) is 0 Å². The van der Waals surface area contributed by atoms with Gasteiger partial charge in [-0.05, 0) is 31.9 Å². The van der Waals surface area contributed by atoms with E-state index in [2.05, 4.69) is 80.7 Å². The van der Waals surface area contributed by atoms with Gasteiger partial charge in [-0.2, -0.15) is 0 Å². The van der Waals surface area contributed by atoms with Gasteiger partial charge in [-0.1, -0.05) is 60.2 Å². The fourth-order valence-corrected chi connectivity index (χ4v) is 2.16. The van der Waals surface area contributed by atoms with E-state index in [0.717, 1.165) is 0 Å². The van der Waals surface area contributed by atoms with Gasteiger partial charge in [0.2, 0.25) is 0 Å². The van der Waals surface area contributed by atoms with Gasteiger partial charge in [0.15, 0.2) is 0 Å². The maximum atomic E-state index is 3.63. The summed E-state index contributed by atoms with van der Waals surface area (Å²) in [6, 6.07) is 20.0. The second-order valence-corrected chi connectivity index (χ2v) is 4.93. The predicted molar refractivity (Wildman–Crippen MR) is 77.6 cm³/mol. The molecule has 0 aliphatic carbocycles. The van der Waals surface area contributed by atoms with E-state index in [1.165, 1.54) is 16.7 Å². The van der Waals surface area contributed by atoms with Crippen LogP contribution in [0.25, 0.3) is 0 Å². The van der Waals surface area contributed by atoms with Crippen LogP contribution in [0.5, 0.6) is 0 Å². The highest BCUT2D eigenvalue weighted by Gasteiger charge is 2.10. The minimum atomic E-state index is 0.362. The Morgan fingerprint density at radius 2 is 1.22 bits per heavy atom. The number of hydrogen-bond acceptors (Lipinski definition) is 1. The Morgan fingerprint density at radius 1 is 0.722 bits per heavy atom. The molecule has 0 bridgehead atoms. The average Bonchev–Trinajstić information content (AvgIpc) is 2.40. The fraction of sp³-hybridized carbons (Fsp3) is 0.294. The van der Waals surface area contributed by atoms with Gasteiger partial charge in [0, 0.05) is 12.1 Å². The summed E-state index contributed by atoms with van der Waals surface area (Å²) in [6.07, 6.45) is 0. The monoisotopic (exact) mass is 239 g/mol. The van der Waals surface area contributed by atoms with Crippen LogP contribution in [0, 0.1) is 6.92 Å². The van der Waals surface area contributed by atoms with Crippen LogP contribution in [0.3, 0.4) is 0 Å². The van der Waals surface area contributed by atoms with Crippen LogP contribution >= 0.6 is 0 Å². The lowest BCUT2D eigenvalue weighted by molar-refractivity contribution is 0.494. The highest BCUT2D eigenvalue weighted by Crippen LogP contribution is 2.19. The maximum Gasteiger partial charge on any atom is 0.0297 e. The van der Waals surface area contributed by atoms with E-state index in [-0.39, 0.29) is 0 Å². The lowest BCUT2D eigenvalue weighted by Gasteiger charge is -2.21. The summed E-state index contributed by atoms with van der Waals surface area (Å²) in [5, 5.41) is 3.63. The molecule has 1 unspecified atom stereocenters. The lowest BCUT2D eigenvalue weighted by atomic mass is 10.0. The Kier molecular flexibility index (Phi) is 4.16. The van der Waals surface area contributed by atoms with E-state index in [4.69, 9.17) is 0 Å². The molecule has 0 fully saturated rings. The van der Waals surface area contributed by atoms with E-state index in [0.29, 0.717) is 12.1 Å². The molecular formula is C17H21N. The Bertz CT molecular complexity index is 473. The molecule has 2 atom stereocenters. The summed E-state index contributed by atoms with van der Waals surface area (Å²) in [7, 11) is 0. The molecule has 0 amide bonds. The zero-order valence-electron chi connectivity index (χ0n) is 11.4. The summed E-state index contributed by atoms with van der Waals surface area (Å²) in [6.45, 7) is 6.54. The first-order valence-corrected chi connectivity index (χ1v) is 6.54. The predicted octanol–water partition coefficient (Wildman–Crippen LogP) is 4.41. The second-order valence-electron chi connectivity index (χ2n) is 4.93. The highest BCUT2D eigenvalue weighted by molar-refractivity contribution is 5.25. The Hall–Kier alpha value is -1.60. The summed E-state index contributed by atoms with van der Waals surface area (Å²) in [5.41, 5.74) is 3.97.